The molecule has 112 valence electrons. The van der Waals surface area contributed by atoms with E-state index in [4.69, 9.17) is 0 Å². The molecule has 0 heterocycles. The first-order chi connectivity index (χ1) is 9.29. The van der Waals surface area contributed by atoms with Gasteiger partial charge in [0.25, 0.3) is 0 Å². The molecule has 20 heavy (non-hydrogen) atoms. The monoisotopic (exact) mass is 360 g/mol. The number of benzene rings is 1. The maximum atomic E-state index is 11.7. The summed E-state index contributed by atoms with van der Waals surface area (Å²) in [6.45, 7) is 2.00. The Kier molecular flexibility index (Phi) is 4.92. The van der Waals surface area contributed by atoms with Crippen LogP contribution in [0.5, 0.6) is 0 Å². The molecule has 2 rings (SSSR count). The van der Waals surface area contributed by atoms with Crippen molar-refractivity contribution in [1.82, 2.24) is 0 Å². The van der Waals surface area contributed by atoms with Crippen LogP contribution in [0, 0.1) is 12.8 Å². The van der Waals surface area contributed by atoms with Gasteiger partial charge in [-0.25, -0.2) is 8.42 Å². The van der Waals surface area contributed by atoms with Crippen molar-refractivity contribution in [2.24, 2.45) is 5.92 Å². The van der Waals surface area contributed by atoms with Crippen molar-refractivity contribution in [3.63, 3.8) is 0 Å². The summed E-state index contributed by atoms with van der Waals surface area (Å²) in [4.78, 5) is 0. The SMILES string of the molecule is Cc1ccc(C(O)C2CCCC(S(C)(=O)=O)C2)cc1Br. The summed E-state index contributed by atoms with van der Waals surface area (Å²) in [6.07, 6.45) is 3.75. The molecule has 0 aromatic heterocycles. The predicted molar refractivity (Wildman–Crippen MR) is 84.4 cm³/mol. The van der Waals surface area contributed by atoms with Crippen LogP contribution in [-0.4, -0.2) is 25.0 Å². The van der Waals surface area contributed by atoms with Gasteiger partial charge in [0.2, 0.25) is 0 Å². The molecule has 0 amide bonds. The van der Waals surface area contributed by atoms with E-state index in [0.29, 0.717) is 6.42 Å². The first-order valence-corrected chi connectivity index (χ1v) is 9.67. The highest BCUT2D eigenvalue weighted by Gasteiger charge is 2.33. The third-order valence-corrected chi connectivity index (χ3v) is 6.75. The summed E-state index contributed by atoms with van der Waals surface area (Å²) >= 11 is 3.47. The molecule has 1 aromatic rings. The van der Waals surface area contributed by atoms with Gasteiger partial charge in [-0.15, -0.1) is 0 Å². The third kappa shape index (κ3) is 3.62. The number of aliphatic hydroxyl groups is 1. The molecule has 1 aliphatic carbocycles. The van der Waals surface area contributed by atoms with Crippen LogP contribution in [0.3, 0.4) is 0 Å². The molecule has 0 saturated heterocycles. The largest absolute Gasteiger partial charge is 0.388 e. The Bertz CT molecular complexity index is 583. The molecule has 5 heteroatoms. The Balaban J connectivity index is 2.16. The zero-order valence-electron chi connectivity index (χ0n) is 11.8. The molecule has 0 radical (unpaired) electrons. The first kappa shape index (κ1) is 16.0. The van der Waals surface area contributed by atoms with E-state index in [0.717, 1.165) is 34.9 Å². The van der Waals surface area contributed by atoms with Crippen molar-refractivity contribution >= 4 is 25.8 Å². The predicted octanol–water partition coefficient (Wildman–Crippen LogP) is 3.39. The lowest BCUT2D eigenvalue weighted by Crippen LogP contribution is -2.30. The highest BCUT2D eigenvalue weighted by atomic mass is 79.9. The summed E-state index contributed by atoms with van der Waals surface area (Å²) in [5.74, 6) is 0.0260. The number of hydrogen-bond donors (Lipinski definition) is 1. The first-order valence-electron chi connectivity index (χ1n) is 6.92. The van der Waals surface area contributed by atoms with E-state index < -0.39 is 15.9 Å². The molecule has 3 nitrogen and oxygen atoms in total. The number of halogens is 1. The van der Waals surface area contributed by atoms with Gasteiger partial charge in [0.1, 0.15) is 9.84 Å². The second kappa shape index (κ2) is 6.16. The maximum Gasteiger partial charge on any atom is 0.150 e. The summed E-state index contributed by atoms with van der Waals surface area (Å²) in [5.41, 5.74) is 1.99. The van der Waals surface area contributed by atoms with E-state index in [2.05, 4.69) is 15.9 Å². The summed E-state index contributed by atoms with van der Waals surface area (Å²) in [7, 11) is -3.01. The van der Waals surface area contributed by atoms with E-state index in [1.807, 2.05) is 25.1 Å². The van der Waals surface area contributed by atoms with Crippen molar-refractivity contribution in [3.05, 3.63) is 33.8 Å². The van der Waals surface area contributed by atoms with Crippen molar-refractivity contribution in [2.45, 2.75) is 44.0 Å². The smallest absolute Gasteiger partial charge is 0.150 e. The molecular weight excluding hydrogens is 340 g/mol. The van der Waals surface area contributed by atoms with Gasteiger partial charge in [0.15, 0.2) is 0 Å². The van der Waals surface area contributed by atoms with Gasteiger partial charge in [-0.05, 0) is 49.3 Å². The summed E-state index contributed by atoms with van der Waals surface area (Å²) < 4.78 is 24.4. The van der Waals surface area contributed by atoms with Gasteiger partial charge in [-0.2, -0.15) is 0 Å². The number of rotatable bonds is 3. The maximum absolute atomic E-state index is 11.7. The van der Waals surface area contributed by atoms with Crippen molar-refractivity contribution in [1.29, 1.82) is 0 Å². The van der Waals surface area contributed by atoms with Crippen molar-refractivity contribution in [3.8, 4) is 0 Å². The van der Waals surface area contributed by atoms with E-state index in [1.54, 1.807) is 0 Å². The number of hydrogen-bond acceptors (Lipinski definition) is 3. The third-order valence-electron chi connectivity index (χ3n) is 4.26. The summed E-state index contributed by atoms with van der Waals surface area (Å²) in [6, 6.07) is 5.83. The fourth-order valence-electron chi connectivity index (χ4n) is 2.92. The molecule has 1 aromatic carbocycles. The molecule has 0 aliphatic heterocycles. The van der Waals surface area contributed by atoms with E-state index in [9.17, 15) is 13.5 Å². The molecule has 3 unspecified atom stereocenters. The van der Waals surface area contributed by atoms with E-state index in [-0.39, 0.29) is 11.2 Å². The zero-order valence-corrected chi connectivity index (χ0v) is 14.2. The highest BCUT2D eigenvalue weighted by molar-refractivity contribution is 9.10. The molecule has 0 spiro atoms. The van der Waals surface area contributed by atoms with Crippen LogP contribution in [0.2, 0.25) is 0 Å². The van der Waals surface area contributed by atoms with Crippen LogP contribution in [0.15, 0.2) is 22.7 Å². The van der Waals surface area contributed by atoms with Crippen LogP contribution in [-0.2, 0) is 9.84 Å². The summed E-state index contributed by atoms with van der Waals surface area (Å²) in [5, 5.41) is 10.2. The number of aryl methyl sites for hydroxylation is 1. The number of aliphatic hydroxyl groups excluding tert-OH is 1. The van der Waals surface area contributed by atoms with Crippen molar-refractivity contribution < 1.29 is 13.5 Å². The minimum Gasteiger partial charge on any atom is -0.388 e. The van der Waals surface area contributed by atoms with Crippen LogP contribution in [0.1, 0.15) is 42.9 Å². The van der Waals surface area contributed by atoms with Gasteiger partial charge in [0.05, 0.1) is 11.4 Å². The fourth-order valence-corrected chi connectivity index (χ4v) is 4.51. The minimum absolute atomic E-state index is 0.0260. The Hall–Kier alpha value is -0.390. The van der Waals surface area contributed by atoms with Crippen LogP contribution >= 0.6 is 15.9 Å². The van der Waals surface area contributed by atoms with Gasteiger partial charge in [0, 0.05) is 10.7 Å². The van der Waals surface area contributed by atoms with E-state index in [1.165, 1.54) is 6.26 Å². The fraction of sp³-hybridized carbons (Fsp3) is 0.600. The molecule has 3 atom stereocenters. The van der Waals surface area contributed by atoms with Crippen LogP contribution in [0.4, 0.5) is 0 Å². The van der Waals surface area contributed by atoms with Gasteiger partial charge >= 0.3 is 0 Å². The zero-order chi connectivity index (χ0) is 14.9. The lowest BCUT2D eigenvalue weighted by Gasteiger charge is -2.31. The Morgan fingerprint density at radius 1 is 1.35 bits per heavy atom. The molecule has 1 saturated carbocycles. The Labute approximate surface area is 129 Å². The lowest BCUT2D eigenvalue weighted by atomic mass is 9.82. The Morgan fingerprint density at radius 2 is 2.05 bits per heavy atom. The quantitative estimate of drug-likeness (QED) is 0.898. The lowest BCUT2D eigenvalue weighted by molar-refractivity contribution is 0.0856. The van der Waals surface area contributed by atoms with E-state index >= 15 is 0 Å². The second-order valence-corrected chi connectivity index (χ2v) is 9.01. The standard InChI is InChI=1S/C15H21BrO3S/c1-10-6-7-12(9-14(10)16)15(17)11-4-3-5-13(8-11)20(2,18)19/h6-7,9,11,13,15,17H,3-5,8H2,1-2H3. The topological polar surface area (TPSA) is 54.4 Å². The van der Waals surface area contributed by atoms with Gasteiger partial charge in [-0.1, -0.05) is 34.5 Å². The van der Waals surface area contributed by atoms with Crippen LogP contribution in [0.25, 0.3) is 0 Å². The minimum atomic E-state index is -3.01. The average molecular weight is 361 g/mol. The van der Waals surface area contributed by atoms with Crippen LogP contribution < -0.4 is 0 Å². The number of sulfone groups is 1. The van der Waals surface area contributed by atoms with Gasteiger partial charge < -0.3 is 5.11 Å². The highest BCUT2D eigenvalue weighted by Crippen LogP contribution is 2.37. The molecule has 1 aliphatic rings. The molecular formula is C15H21BrO3S. The molecule has 0 bridgehead atoms. The van der Waals surface area contributed by atoms with Crippen molar-refractivity contribution in [2.75, 3.05) is 6.26 Å². The second-order valence-electron chi connectivity index (χ2n) is 5.83. The normalized spacial score (nSPS) is 25.4. The van der Waals surface area contributed by atoms with Gasteiger partial charge in [-0.3, -0.25) is 0 Å². The molecule has 1 fully saturated rings. The Morgan fingerprint density at radius 3 is 2.65 bits per heavy atom. The molecule has 1 N–H and O–H groups in total. The average Bonchev–Trinajstić information content (AvgIpc) is 2.40.